The van der Waals surface area contributed by atoms with Gasteiger partial charge in [0.05, 0.1) is 11.7 Å². The van der Waals surface area contributed by atoms with E-state index in [9.17, 15) is 9.59 Å². The molecule has 4 aromatic rings. The second-order valence-corrected chi connectivity index (χ2v) is 11.4. The Morgan fingerprint density at radius 1 is 0.921 bits per heavy atom. The standard InChI is InChI=1S/C33H35N3O2/c1-20-13-15-24(16-14-20)30-29(27-11-7-8-12-28(27)34-30)31-25-9-5-6-10-26(25)33(38)36(31)23(4)32(37)35-18-21(2)17-22(3)19-35/h5-16,21-23,31,34H,17-19H2,1-4H3. The molecule has 2 aliphatic heterocycles. The number of piperidine rings is 1. The maximum atomic E-state index is 14.0. The van der Waals surface area contributed by atoms with Crippen LogP contribution in [0.3, 0.4) is 0 Å². The SMILES string of the molecule is Cc1ccc(-c2[nH]c3ccccc3c2C2c3ccccc3C(=O)N2C(C)C(=O)N2CC(C)CC(C)C2)cc1. The fourth-order valence-electron chi connectivity index (χ4n) is 6.65. The highest BCUT2D eigenvalue weighted by molar-refractivity contribution is 6.04. The first-order chi connectivity index (χ1) is 18.3. The number of benzene rings is 3. The van der Waals surface area contributed by atoms with Crippen LogP contribution in [0.5, 0.6) is 0 Å². The first-order valence-electron chi connectivity index (χ1n) is 13.7. The molecular formula is C33H35N3O2. The van der Waals surface area contributed by atoms with Gasteiger partial charge in [0.1, 0.15) is 6.04 Å². The summed E-state index contributed by atoms with van der Waals surface area (Å²) in [6.45, 7) is 9.90. The van der Waals surface area contributed by atoms with Crippen molar-refractivity contribution >= 4 is 22.7 Å². The number of carbonyl (C=O) groups is 2. The molecule has 4 atom stereocenters. The zero-order chi connectivity index (χ0) is 26.6. The fourth-order valence-corrected chi connectivity index (χ4v) is 6.65. The summed E-state index contributed by atoms with van der Waals surface area (Å²) in [7, 11) is 0. The lowest BCUT2D eigenvalue weighted by atomic mass is 9.91. The predicted octanol–water partition coefficient (Wildman–Crippen LogP) is 6.58. The van der Waals surface area contributed by atoms with Gasteiger partial charge in [-0.15, -0.1) is 0 Å². The number of aromatic nitrogens is 1. The lowest BCUT2D eigenvalue weighted by molar-refractivity contribution is -0.138. The number of hydrogen-bond donors (Lipinski definition) is 1. The third-order valence-electron chi connectivity index (χ3n) is 8.31. The van der Waals surface area contributed by atoms with Crippen molar-refractivity contribution in [3.63, 3.8) is 0 Å². The van der Waals surface area contributed by atoms with Crippen LogP contribution in [-0.2, 0) is 4.79 Å². The highest BCUT2D eigenvalue weighted by atomic mass is 16.2. The Bertz CT molecular complexity index is 1510. The molecule has 3 aromatic carbocycles. The zero-order valence-electron chi connectivity index (χ0n) is 22.6. The predicted molar refractivity (Wildman–Crippen MR) is 152 cm³/mol. The van der Waals surface area contributed by atoms with Crippen LogP contribution in [0.25, 0.3) is 22.2 Å². The molecule has 4 unspecified atom stereocenters. The summed E-state index contributed by atoms with van der Waals surface area (Å²) in [5.74, 6) is 0.869. The van der Waals surface area contributed by atoms with E-state index in [0.29, 0.717) is 17.4 Å². The van der Waals surface area contributed by atoms with Crippen LogP contribution in [0.1, 0.15) is 60.3 Å². The number of nitrogens with zero attached hydrogens (tertiary/aromatic N) is 2. The van der Waals surface area contributed by atoms with Crippen molar-refractivity contribution in [2.75, 3.05) is 13.1 Å². The molecule has 2 aliphatic rings. The summed E-state index contributed by atoms with van der Waals surface area (Å²) in [6, 6.07) is 23.6. The average Bonchev–Trinajstić information content (AvgIpc) is 3.43. The lowest BCUT2D eigenvalue weighted by Gasteiger charge is -2.39. The number of para-hydroxylation sites is 1. The van der Waals surface area contributed by atoms with Crippen molar-refractivity contribution in [3.05, 3.63) is 95.1 Å². The summed E-state index contributed by atoms with van der Waals surface area (Å²) in [5.41, 5.74) is 6.95. The summed E-state index contributed by atoms with van der Waals surface area (Å²) in [4.78, 5) is 35.5. The minimum absolute atomic E-state index is 0.0336. The van der Waals surface area contributed by atoms with Crippen LogP contribution in [0.4, 0.5) is 0 Å². The Morgan fingerprint density at radius 3 is 2.32 bits per heavy atom. The maximum absolute atomic E-state index is 14.0. The van der Waals surface area contributed by atoms with Crippen LogP contribution in [0.2, 0.25) is 0 Å². The van der Waals surface area contributed by atoms with Crippen molar-refractivity contribution in [3.8, 4) is 11.3 Å². The molecule has 5 heteroatoms. The van der Waals surface area contributed by atoms with Gasteiger partial charge in [0.2, 0.25) is 5.91 Å². The van der Waals surface area contributed by atoms with E-state index < -0.39 is 6.04 Å². The molecule has 0 bridgehead atoms. The molecule has 1 fully saturated rings. The number of rotatable bonds is 4. The third kappa shape index (κ3) is 4.01. The van der Waals surface area contributed by atoms with Gasteiger partial charge in [0, 0.05) is 35.1 Å². The first-order valence-corrected chi connectivity index (χ1v) is 13.7. The normalized spacial score (nSPS) is 22.1. The Hall–Kier alpha value is -3.86. The summed E-state index contributed by atoms with van der Waals surface area (Å²) < 4.78 is 0. The van der Waals surface area contributed by atoms with Crippen molar-refractivity contribution < 1.29 is 9.59 Å². The molecule has 1 N–H and O–H groups in total. The minimum Gasteiger partial charge on any atom is -0.354 e. The van der Waals surface area contributed by atoms with Crippen molar-refractivity contribution in [1.29, 1.82) is 0 Å². The van der Waals surface area contributed by atoms with Gasteiger partial charge in [-0.25, -0.2) is 0 Å². The third-order valence-corrected chi connectivity index (χ3v) is 8.31. The van der Waals surface area contributed by atoms with E-state index in [1.165, 1.54) is 5.56 Å². The topological polar surface area (TPSA) is 56.4 Å². The number of nitrogens with one attached hydrogen (secondary N) is 1. The second kappa shape index (κ2) is 9.46. The highest BCUT2D eigenvalue weighted by Gasteiger charge is 2.45. The largest absolute Gasteiger partial charge is 0.354 e. The monoisotopic (exact) mass is 505 g/mol. The van der Waals surface area contributed by atoms with Gasteiger partial charge in [-0.2, -0.15) is 0 Å². The number of likely N-dealkylation sites (tertiary alicyclic amines) is 1. The van der Waals surface area contributed by atoms with E-state index in [2.05, 4.69) is 62.2 Å². The smallest absolute Gasteiger partial charge is 0.255 e. The van der Waals surface area contributed by atoms with Gasteiger partial charge in [0.25, 0.3) is 5.91 Å². The van der Waals surface area contributed by atoms with Gasteiger partial charge in [0.15, 0.2) is 0 Å². The molecule has 3 heterocycles. The van der Waals surface area contributed by atoms with E-state index in [1.807, 2.05) is 53.1 Å². The number of aromatic amines is 1. The molecule has 1 aromatic heterocycles. The van der Waals surface area contributed by atoms with Crippen molar-refractivity contribution in [2.24, 2.45) is 11.8 Å². The van der Waals surface area contributed by atoms with Crippen LogP contribution in [0.15, 0.2) is 72.8 Å². The molecule has 6 rings (SSSR count). The molecule has 194 valence electrons. The van der Waals surface area contributed by atoms with Crippen LogP contribution < -0.4 is 0 Å². The summed E-state index contributed by atoms with van der Waals surface area (Å²) in [5, 5.41) is 1.07. The fraction of sp³-hybridized carbons (Fsp3) is 0.333. The molecule has 2 amide bonds. The van der Waals surface area contributed by atoms with Gasteiger partial charge >= 0.3 is 0 Å². The van der Waals surface area contributed by atoms with Gasteiger partial charge < -0.3 is 14.8 Å². The number of fused-ring (bicyclic) bond motifs is 2. The average molecular weight is 506 g/mol. The summed E-state index contributed by atoms with van der Waals surface area (Å²) >= 11 is 0. The Labute approximate surface area is 224 Å². The second-order valence-electron chi connectivity index (χ2n) is 11.4. The van der Waals surface area contributed by atoms with Crippen molar-refractivity contribution in [2.45, 2.75) is 46.2 Å². The first kappa shape index (κ1) is 24.5. The number of aryl methyl sites for hydroxylation is 1. The lowest BCUT2D eigenvalue weighted by Crippen LogP contribution is -2.52. The Morgan fingerprint density at radius 2 is 1.58 bits per heavy atom. The van der Waals surface area contributed by atoms with E-state index in [1.54, 1.807) is 0 Å². The molecule has 0 saturated carbocycles. The Balaban J connectivity index is 1.51. The van der Waals surface area contributed by atoms with Crippen molar-refractivity contribution in [1.82, 2.24) is 14.8 Å². The minimum atomic E-state index is -0.586. The van der Waals surface area contributed by atoms with E-state index >= 15 is 0 Å². The summed E-state index contributed by atoms with van der Waals surface area (Å²) in [6.07, 6.45) is 1.13. The van der Waals surface area contributed by atoms with E-state index in [4.69, 9.17) is 0 Å². The molecule has 5 nitrogen and oxygen atoms in total. The quantitative estimate of drug-likeness (QED) is 0.341. The number of H-pyrrole nitrogens is 1. The molecule has 0 radical (unpaired) electrons. The molecule has 0 aliphatic carbocycles. The number of carbonyl (C=O) groups excluding carboxylic acids is 2. The van der Waals surface area contributed by atoms with Crippen LogP contribution in [-0.4, -0.2) is 45.7 Å². The van der Waals surface area contributed by atoms with Gasteiger partial charge in [-0.1, -0.05) is 80.1 Å². The highest BCUT2D eigenvalue weighted by Crippen LogP contribution is 2.46. The number of amides is 2. The molecule has 0 spiro atoms. The number of hydrogen-bond acceptors (Lipinski definition) is 2. The molecule has 1 saturated heterocycles. The molecular weight excluding hydrogens is 470 g/mol. The van der Waals surface area contributed by atoms with Crippen LogP contribution in [0, 0.1) is 18.8 Å². The maximum Gasteiger partial charge on any atom is 0.255 e. The van der Waals surface area contributed by atoms with E-state index in [0.717, 1.165) is 52.8 Å². The van der Waals surface area contributed by atoms with E-state index in [-0.39, 0.29) is 17.9 Å². The zero-order valence-corrected chi connectivity index (χ0v) is 22.6. The van der Waals surface area contributed by atoms with Crippen LogP contribution >= 0.6 is 0 Å². The molecule has 38 heavy (non-hydrogen) atoms. The van der Waals surface area contributed by atoms with Gasteiger partial charge in [-0.3, -0.25) is 9.59 Å². The Kier molecular flexibility index (Phi) is 6.10. The van der Waals surface area contributed by atoms with Gasteiger partial charge in [-0.05, 0) is 55.4 Å².